The molecule has 0 aliphatic carbocycles. The van der Waals surface area contributed by atoms with Crippen molar-refractivity contribution >= 4 is 45.7 Å². The summed E-state index contributed by atoms with van der Waals surface area (Å²) in [4.78, 5) is 62.0. The molecule has 1 N–H and O–H groups in total. The smallest absolute Gasteiger partial charge is 0.341 e. The number of carbonyl (C=O) groups excluding carboxylic acids is 4. The fraction of sp³-hybridized carbons (Fsp3) is 0.167. The average Bonchev–Trinajstić information content (AvgIpc) is 3.37. The van der Waals surface area contributed by atoms with E-state index < -0.39 is 34.3 Å². The molecule has 0 bridgehead atoms. The van der Waals surface area contributed by atoms with Crippen LogP contribution in [0.4, 0.5) is 10.7 Å². The second kappa shape index (κ2) is 9.85. The lowest BCUT2D eigenvalue weighted by Crippen LogP contribution is -2.33. The molecule has 0 fully saturated rings. The van der Waals surface area contributed by atoms with Gasteiger partial charge in [-0.2, -0.15) is 0 Å². The van der Waals surface area contributed by atoms with Crippen molar-refractivity contribution in [3.63, 3.8) is 0 Å². The molecule has 2 heterocycles. The molecule has 0 saturated heterocycles. The summed E-state index contributed by atoms with van der Waals surface area (Å²) in [5.74, 6) is -2.64. The fourth-order valence-corrected chi connectivity index (χ4v) is 4.73. The van der Waals surface area contributed by atoms with Gasteiger partial charge in [-0.15, -0.1) is 11.3 Å². The summed E-state index contributed by atoms with van der Waals surface area (Å²) < 4.78 is 5.17. The largest absolute Gasteiger partial charge is 0.462 e. The highest BCUT2D eigenvalue weighted by Crippen LogP contribution is 2.36. The van der Waals surface area contributed by atoms with Crippen LogP contribution in [0.2, 0.25) is 0 Å². The lowest BCUT2D eigenvalue weighted by molar-refractivity contribution is -0.385. The third-order valence-electron chi connectivity index (χ3n) is 5.34. The lowest BCUT2D eigenvalue weighted by atomic mass is 10.0. The van der Waals surface area contributed by atoms with Gasteiger partial charge in [0.15, 0.2) is 0 Å². The molecule has 35 heavy (non-hydrogen) atoms. The van der Waals surface area contributed by atoms with Gasteiger partial charge in [-0.25, -0.2) is 4.79 Å². The van der Waals surface area contributed by atoms with Crippen molar-refractivity contribution in [3.8, 4) is 11.1 Å². The number of imide groups is 1. The van der Waals surface area contributed by atoms with Crippen LogP contribution >= 0.6 is 11.3 Å². The highest BCUT2D eigenvalue weighted by Gasteiger charge is 2.40. The number of ether oxygens (including phenoxy) is 1. The van der Waals surface area contributed by atoms with Gasteiger partial charge in [0, 0.05) is 30.0 Å². The second-order valence-corrected chi connectivity index (χ2v) is 8.34. The molecule has 3 amide bonds. The standard InChI is InChI=1S/C24H19N3O7S/c1-2-34-24(31)20-16(14-7-4-3-5-8-14)13-35-21(20)25-18(28)11-12-26-22(29)15-9-6-10-17(27(32)33)19(15)23(26)30/h3-10,13H,2,11-12H2,1H3,(H,25,28). The quantitative estimate of drug-likeness (QED) is 0.216. The Morgan fingerprint density at radius 2 is 1.80 bits per heavy atom. The summed E-state index contributed by atoms with van der Waals surface area (Å²) in [5, 5.41) is 15.9. The maximum atomic E-state index is 12.7. The number of carbonyl (C=O) groups is 4. The molecule has 0 saturated carbocycles. The Kier molecular flexibility index (Phi) is 6.69. The van der Waals surface area contributed by atoms with Crippen LogP contribution in [0.5, 0.6) is 0 Å². The van der Waals surface area contributed by atoms with Crippen LogP contribution in [-0.4, -0.2) is 46.7 Å². The predicted molar refractivity (Wildman–Crippen MR) is 127 cm³/mol. The van der Waals surface area contributed by atoms with E-state index in [1.54, 1.807) is 12.3 Å². The molecule has 0 unspecified atom stereocenters. The molecule has 2 aromatic carbocycles. The molecule has 1 aromatic heterocycles. The second-order valence-electron chi connectivity index (χ2n) is 7.46. The van der Waals surface area contributed by atoms with E-state index in [0.29, 0.717) is 5.56 Å². The first-order valence-corrected chi connectivity index (χ1v) is 11.5. The molecule has 10 nitrogen and oxygen atoms in total. The average molecular weight is 493 g/mol. The number of amides is 3. The molecule has 0 atom stereocenters. The van der Waals surface area contributed by atoms with Gasteiger partial charge in [-0.1, -0.05) is 36.4 Å². The summed E-state index contributed by atoms with van der Waals surface area (Å²) >= 11 is 1.15. The maximum Gasteiger partial charge on any atom is 0.341 e. The minimum atomic E-state index is -0.820. The molecule has 4 rings (SSSR count). The van der Waals surface area contributed by atoms with Crippen LogP contribution in [0, 0.1) is 10.1 Å². The van der Waals surface area contributed by atoms with Crippen molar-refractivity contribution in [2.24, 2.45) is 0 Å². The Labute approximate surface area is 203 Å². The zero-order valence-electron chi connectivity index (χ0n) is 18.5. The molecular weight excluding hydrogens is 474 g/mol. The highest BCUT2D eigenvalue weighted by molar-refractivity contribution is 7.15. The van der Waals surface area contributed by atoms with E-state index in [1.807, 2.05) is 30.3 Å². The first-order chi connectivity index (χ1) is 16.8. The molecular formula is C24H19N3O7S. The van der Waals surface area contributed by atoms with Gasteiger partial charge in [-0.05, 0) is 18.6 Å². The number of nitrogens with one attached hydrogen (secondary N) is 1. The molecule has 1 aliphatic heterocycles. The first-order valence-electron chi connectivity index (χ1n) is 10.6. The van der Waals surface area contributed by atoms with Crippen LogP contribution in [0.15, 0.2) is 53.9 Å². The number of nitro benzene ring substituents is 1. The predicted octanol–water partition coefficient (Wildman–Crippen LogP) is 4.12. The number of hydrogen-bond donors (Lipinski definition) is 1. The van der Waals surface area contributed by atoms with E-state index in [-0.39, 0.29) is 41.3 Å². The van der Waals surface area contributed by atoms with Crippen molar-refractivity contribution in [2.75, 3.05) is 18.5 Å². The number of hydrogen-bond acceptors (Lipinski definition) is 8. The Hall–Kier alpha value is -4.38. The molecule has 178 valence electrons. The van der Waals surface area contributed by atoms with Crippen molar-refractivity contribution < 1.29 is 28.8 Å². The Balaban J connectivity index is 1.51. The molecule has 1 aliphatic rings. The van der Waals surface area contributed by atoms with E-state index in [9.17, 15) is 29.3 Å². The number of nitrogens with zero attached hydrogens (tertiary/aromatic N) is 2. The van der Waals surface area contributed by atoms with E-state index in [0.717, 1.165) is 27.9 Å². The molecule has 11 heteroatoms. The number of rotatable bonds is 8. The van der Waals surface area contributed by atoms with E-state index in [2.05, 4.69) is 5.32 Å². The topological polar surface area (TPSA) is 136 Å². The zero-order chi connectivity index (χ0) is 25.1. The van der Waals surface area contributed by atoms with Crippen molar-refractivity contribution in [1.29, 1.82) is 0 Å². The third kappa shape index (κ3) is 4.53. The SMILES string of the molecule is CCOC(=O)c1c(-c2ccccc2)csc1NC(=O)CCN1C(=O)c2cccc([N+](=O)[O-])c2C1=O. The highest BCUT2D eigenvalue weighted by atomic mass is 32.1. The Morgan fingerprint density at radius 3 is 2.49 bits per heavy atom. The van der Waals surface area contributed by atoms with E-state index in [1.165, 1.54) is 12.1 Å². The van der Waals surface area contributed by atoms with E-state index >= 15 is 0 Å². The summed E-state index contributed by atoms with van der Waals surface area (Å²) in [6.07, 6.45) is -0.264. The Bertz CT molecular complexity index is 1350. The monoisotopic (exact) mass is 493 g/mol. The summed E-state index contributed by atoms with van der Waals surface area (Å²) in [5.41, 5.74) is 0.793. The van der Waals surface area contributed by atoms with Gasteiger partial charge in [0.2, 0.25) is 5.91 Å². The van der Waals surface area contributed by atoms with Crippen LogP contribution in [0.25, 0.3) is 11.1 Å². The Morgan fingerprint density at radius 1 is 1.06 bits per heavy atom. The number of fused-ring (bicyclic) bond motifs is 1. The minimum Gasteiger partial charge on any atom is -0.462 e. The third-order valence-corrected chi connectivity index (χ3v) is 6.24. The summed E-state index contributed by atoms with van der Waals surface area (Å²) in [7, 11) is 0. The van der Waals surface area contributed by atoms with Crippen molar-refractivity contribution in [3.05, 3.63) is 80.7 Å². The molecule has 0 spiro atoms. The van der Waals surface area contributed by atoms with Gasteiger partial charge in [0.05, 0.1) is 17.1 Å². The number of thiophene rings is 1. The van der Waals surface area contributed by atoms with Crippen LogP contribution < -0.4 is 5.32 Å². The van der Waals surface area contributed by atoms with Gasteiger partial charge in [-0.3, -0.25) is 29.4 Å². The van der Waals surface area contributed by atoms with Crippen molar-refractivity contribution in [2.45, 2.75) is 13.3 Å². The van der Waals surface area contributed by atoms with Gasteiger partial charge in [0.1, 0.15) is 16.1 Å². The molecule has 0 radical (unpaired) electrons. The van der Waals surface area contributed by atoms with Gasteiger partial charge < -0.3 is 10.1 Å². The zero-order valence-corrected chi connectivity index (χ0v) is 19.3. The normalized spacial score (nSPS) is 12.4. The summed E-state index contributed by atoms with van der Waals surface area (Å²) in [6, 6.07) is 13.0. The number of nitro groups is 1. The van der Waals surface area contributed by atoms with Crippen LogP contribution in [0.3, 0.4) is 0 Å². The minimum absolute atomic E-state index is 0.0695. The molecule has 3 aromatic rings. The number of anilines is 1. The fourth-order valence-electron chi connectivity index (χ4n) is 3.76. The van der Waals surface area contributed by atoms with Crippen molar-refractivity contribution in [1.82, 2.24) is 4.90 Å². The number of esters is 1. The van der Waals surface area contributed by atoms with Gasteiger partial charge >= 0.3 is 5.97 Å². The van der Waals surface area contributed by atoms with E-state index in [4.69, 9.17) is 4.74 Å². The lowest BCUT2D eigenvalue weighted by Gasteiger charge is -2.13. The number of benzene rings is 2. The summed E-state index contributed by atoms with van der Waals surface area (Å²) in [6.45, 7) is 1.56. The maximum absolute atomic E-state index is 12.7. The van der Waals surface area contributed by atoms with Crippen LogP contribution in [0.1, 0.15) is 44.4 Å². The van der Waals surface area contributed by atoms with Gasteiger partial charge in [0.25, 0.3) is 17.5 Å². The first kappa shape index (κ1) is 23.8. The van der Waals surface area contributed by atoms with Crippen LogP contribution in [-0.2, 0) is 9.53 Å².